The first-order valence-electron chi connectivity index (χ1n) is 6.93. The zero-order chi connectivity index (χ0) is 16.4. The molecule has 0 aliphatic carbocycles. The van der Waals surface area contributed by atoms with E-state index >= 15 is 0 Å². The topological polar surface area (TPSA) is 63.3 Å². The molecule has 118 valence electrons. The van der Waals surface area contributed by atoms with Gasteiger partial charge in [-0.25, -0.2) is 0 Å². The Balaban J connectivity index is 1.96. The van der Waals surface area contributed by atoms with Crippen molar-refractivity contribution in [3.8, 4) is 11.5 Å². The Morgan fingerprint density at radius 3 is 2.61 bits per heavy atom. The zero-order valence-electron chi connectivity index (χ0n) is 12.6. The van der Waals surface area contributed by atoms with Crippen molar-refractivity contribution in [3.05, 3.63) is 53.2 Å². The summed E-state index contributed by atoms with van der Waals surface area (Å²) in [5.74, 6) is 0.677. The van der Waals surface area contributed by atoms with E-state index in [-0.39, 0.29) is 5.91 Å². The van der Waals surface area contributed by atoms with Crippen LogP contribution in [-0.2, 0) is 0 Å². The Labute approximate surface area is 138 Å². The van der Waals surface area contributed by atoms with Crippen LogP contribution in [0.25, 0.3) is 10.9 Å². The fraction of sp³-hybridized carbons (Fsp3) is 0.118. The van der Waals surface area contributed by atoms with Crippen molar-refractivity contribution >= 4 is 34.1 Å². The number of para-hydroxylation sites is 1. The highest BCUT2D eigenvalue weighted by atomic mass is 35.5. The summed E-state index contributed by atoms with van der Waals surface area (Å²) < 4.78 is 10.5. The van der Waals surface area contributed by atoms with Gasteiger partial charge in [-0.3, -0.25) is 4.79 Å². The van der Waals surface area contributed by atoms with Crippen molar-refractivity contribution in [3.63, 3.8) is 0 Å². The molecule has 0 aliphatic heterocycles. The van der Waals surface area contributed by atoms with Gasteiger partial charge in [-0.15, -0.1) is 0 Å². The number of aromatic nitrogens is 1. The van der Waals surface area contributed by atoms with E-state index in [1.165, 1.54) is 14.2 Å². The summed E-state index contributed by atoms with van der Waals surface area (Å²) in [6.45, 7) is 0. The maximum Gasteiger partial charge on any atom is 0.257 e. The van der Waals surface area contributed by atoms with Crippen molar-refractivity contribution in [1.29, 1.82) is 0 Å². The number of methoxy groups -OCH3 is 2. The number of rotatable bonds is 4. The maximum absolute atomic E-state index is 12.6. The number of hydrogen-bond acceptors (Lipinski definition) is 3. The lowest BCUT2D eigenvalue weighted by Gasteiger charge is -2.13. The molecular formula is C17H15ClN2O3. The number of aromatic amines is 1. The fourth-order valence-electron chi connectivity index (χ4n) is 2.41. The molecule has 6 heteroatoms. The number of ether oxygens (including phenoxy) is 2. The summed E-state index contributed by atoms with van der Waals surface area (Å²) in [4.78, 5) is 15.7. The third kappa shape index (κ3) is 2.83. The molecule has 0 aliphatic rings. The lowest BCUT2D eigenvalue weighted by Crippen LogP contribution is -2.12. The van der Waals surface area contributed by atoms with Gasteiger partial charge in [0.15, 0.2) is 0 Å². The Kier molecular flexibility index (Phi) is 4.12. The molecule has 2 aromatic carbocycles. The first-order valence-corrected chi connectivity index (χ1v) is 7.31. The van der Waals surface area contributed by atoms with Gasteiger partial charge in [-0.05, 0) is 6.07 Å². The number of anilines is 1. The molecule has 0 unspecified atom stereocenters. The largest absolute Gasteiger partial charge is 0.495 e. The molecule has 23 heavy (non-hydrogen) atoms. The van der Waals surface area contributed by atoms with E-state index in [1.807, 2.05) is 24.3 Å². The number of halogens is 1. The first-order chi connectivity index (χ1) is 11.1. The fourth-order valence-corrected chi connectivity index (χ4v) is 2.64. The molecule has 0 saturated carbocycles. The van der Waals surface area contributed by atoms with Crippen LogP contribution >= 0.6 is 11.6 Å². The van der Waals surface area contributed by atoms with Gasteiger partial charge in [-0.1, -0.05) is 29.8 Å². The SMILES string of the molecule is COc1cc(NC(=O)c2c[nH]c3ccccc23)c(OC)cc1Cl. The van der Waals surface area contributed by atoms with Crippen LogP contribution in [0.5, 0.6) is 11.5 Å². The lowest BCUT2D eigenvalue weighted by molar-refractivity contribution is 0.102. The van der Waals surface area contributed by atoms with E-state index in [9.17, 15) is 4.79 Å². The molecule has 5 nitrogen and oxygen atoms in total. The second-order valence-corrected chi connectivity index (χ2v) is 5.30. The van der Waals surface area contributed by atoms with Crippen LogP contribution in [0, 0.1) is 0 Å². The van der Waals surface area contributed by atoms with Crippen LogP contribution in [0.15, 0.2) is 42.6 Å². The molecule has 1 amide bonds. The monoisotopic (exact) mass is 330 g/mol. The van der Waals surface area contributed by atoms with E-state index in [1.54, 1.807) is 18.3 Å². The molecule has 0 radical (unpaired) electrons. The van der Waals surface area contributed by atoms with Crippen LogP contribution in [-0.4, -0.2) is 25.1 Å². The molecule has 3 aromatic rings. The quantitative estimate of drug-likeness (QED) is 0.757. The predicted octanol–water partition coefficient (Wildman–Crippen LogP) is 4.09. The molecule has 0 fully saturated rings. The highest BCUT2D eigenvalue weighted by molar-refractivity contribution is 6.32. The second kappa shape index (κ2) is 6.22. The van der Waals surface area contributed by atoms with Gasteiger partial charge in [0, 0.05) is 29.2 Å². The summed E-state index contributed by atoms with van der Waals surface area (Å²) in [7, 11) is 3.03. The minimum absolute atomic E-state index is 0.245. The average Bonchev–Trinajstić information content (AvgIpc) is 3.00. The smallest absolute Gasteiger partial charge is 0.257 e. The maximum atomic E-state index is 12.6. The molecule has 1 aromatic heterocycles. The van der Waals surface area contributed by atoms with E-state index in [2.05, 4.69) is 10.3 Å². The predicted molar refractivity (Wildman–Crippen MR) is 90.8 cm³/mol. The Morgan fingerprint density at radius 2 is 1.87 bits per heavy atom. The van der Waals surface area contributed by atoms with E-state index in [4.69, 9.17) is 21.1 Å². The van der Waals surface area contributed by atoms with Crippen LogP contribution in [0.4, 0.5) is 5.69 Å². The van der Waals surface area contributed by atoms with Crippen LogP contribution in [0.2, 0.25) is 5.02 Å². The zero-order valence-corrected chi connectivity index (χ0v) is 13.4. The number of hydrogen-bond donors (Lipinski definition) is 2. The molecular weight excluding hydrogens is 316 g/mol. The van der Waals surface area contributed by atoms with Gasteiger partial charge < -0.3 is 19.8 Å². The number of carbonyl (C=O) groups is 1. The number of fused-ring (bicyclic) bond motifs is 1. The summed E-state index contributed by atoms with van der Waals surface area (Å²) >= 11 is 6.07. The summed E-state index contributed by atoms with van der Waals surface area (Å²) in [6.07, 6.45) is 1.68. The minimum Gasteiger partial charge on any atom is -0.495 e. The molecule has 3 rings (SSSR count). The van der Waals surface area contributed by atoms with Crippen LogP contribution in [0.1, 0.15) is 10.4 Å². The van der Waals surface area contributed by atoms with Crippen molar-refractivity contribution < 1.29 is 14.3 Å². The first kappa shape index (κ1) is 15.2. The summed E-state index contributed by atoms with van der Waals surface area (Å²) in [6, 6.07) is 10.8. The van der Waals surface area contributed by atoms with Crippen molar-refractivity contribution in [2.75, 3.05) is 19.5 Å². The number of benzene rings is 2. The summed E-state index contributed by atoms with van der Waals surface area (Å²) in [5, 5.41) is 4.10. The van der Waals surface area contributed by atoms with Crippen LogP contribution < -0.4 is 14.8 Å². The van der Waals surface area contributed by atoms with Gasteiger partial charge in [0.25, 0.3) is 5.91 Å². The second-order valence-electron chi connectivity index (χ2n) is 4.89. The number of nitrogens with one attached hydrogen (secondary N) is 2. The highest BCUT2D eigenvalue weighted by Crippen LogP contribution is 2.36. The van der Waals surface area contributed by atoms with Crippen molar-refractivity contribution in [1.82, 2.24) is 4.98 Å². The van der Waals surface area contributed by atoms with E-state index < -0.39 is 0 Å². The third-order valence-corrected chi connectivity index (χ3v) is 3.85. The van der Waals surface area contributed by atoms with Gasteiger partial charge in [0.1, 0.15) is 11.5 Å². The molecule has 0 saturated heterocycles. The van der Waals surface area contributed by atoms with Gasteiger partial charge >= 0.3 is 0 Å². The molecule has 2 N–H and O–H groups in total. The molecule has 0 spiro atoms. The van der Waals surface area contributed by atoms with E-state index in [0.717, 1.165) is 10.9 Å². The normalized spacial score (nSPS) is 10.6. The Morgan fingerprint density at radius 1 is 1.13 bits per heavy atom. The van der Waals surface area contributed by atoms with Crippen molar-refractivity contribution in [2.45, 2.75) is 0 Å². The van der Waals surface area contributed by atoms with Gasteiger partial charge in [0.2, 0.25) is 0 Å². The Hall–Kier alpha value is -2.66. The van der Waals surface area contributed by atoms with Gasteiger partial charge in [0.05, 0.1) is 30.5 Å². The number of H-pyrrole nitrogens is 1. The van der Waals surface area contributed by atoms with Crippen LogP contribution in [0.3, 0.4) is 0 Å². The lowest BCUT2D eigenvalue weighted by atomic mass is 10.1. The number of carbonyl (C=O) groups excluding carboxylic acids is 1. The standard InChI is InChI=1S/C17H15ClN2O3/c1-22-15-8-14(16(23-2)7-12(15)18)20-17(21)11-9-19-13-6-4-3-5-10(11)13/h3-9,19H,1-2H3,(H,20,21). The van der Waals surface area contributed by atoms with E-state index in [0.29, 0.717) is 27.8 Å². The minimum atomic E-state index is -0.245. The van der Waals surface area contributed by atoms with Gasteiger partial charge in [-0.2, -0.15) is 0 Å². The Bertz CT molecular complexity index is 873. The summed E-state index contributed by atoms with van der Waals surface area (Å²) in [5.41, 5.74) is 1.94. The molecule has 1 heterocycles. The number of amides is 1. The van der Waals surface area contributed by atoms with Crippen molar-refractivity contribution in [2.24, 2.45) is 0 Å². The average molecular weight is 331 g/mol. The molecule has 0 atom stereocenters. The third-order valence-electron chi connectivity index (χ3n) is 3.56. The highest BCUT2D eigenvalue weighted by Gasteiger charge is 2.16. The molecule has 0 bridgehead atoms.